The molecule has 0 aliphatic heterocycles. The van der Waals surface area contributed by atoms with Gasteiger partial charge in [0.25, 0.3) is 0 Å². The van der Waals surface area contributed by atoms with E-state index in [4.69, 9.17) is 4.42 Å². The van der Waals surface area contributed by atoms with Gasteiger partial charge in [-0.2, -0.15) is 0 Å². The largest absolute Gasteiger partial charge is 0.456 e. The van der Waals surface area contributed by atoms with Crippen LogP contribution in [0.1, 0.15) is 0 Å². The van der Waals surface area contributed by atoms with Crippen molar-refractivity contribution in [1.82, 2.24) is 9.13 Å². The van der Waals surface area contributed by atoms with E-state index in [9.17, 15) is 0 Å². The fourth-order valence-corrected chi connectivity index (χ4v) is 9.24. The third-order valence-electron chi connectivity index (χ3n) is 11.7. The summed E-state index contributed by atoms with van der Waals surface area (Å²) in [4.78, 5) is 0. The van der Waals surface area contributed by atoms with Gasteiger partial charge in [-0.1, -0.05) is 146 Å². The van der Waals surface area contributed by atoms with Crippen molar-refractivity contribution in [3.8, 4) is 44.8 Å². The Kier molecular flexibility index (Phi) is 6.93. The third-order valence-corrected chi connectivity index (χ3v) is 11.7. The van der Waals surface area contributed by atoms with Crippen molar-refractivity contribution in [2.24, 2.45) is 0 Å². The molecule has 0 amide bonds. The first kappa shape index (κ1) is 31.7. The van der Waals surface area contributed by atoms with Crippen molar-refractivity contribution < 1.29 is 4.42 Å². The fourth-order valence-electron chi connectivity index (χ4n) is 9.24. The normalized spacial score (nSPS) is 11.9. The first-order chi connectivity index (χ1) is 28.3. The second-order valence-electron chi connectivity index (χ2n) is 14.9. The van der Waals surface area contributed by atoms with Gasteiger partial charge in [0.1, 0.15) is 11.2 Å². The maximum absolute atomic E-state index is 6.34. The van der Waals surface area contributed by atoms with Crippen molar-refractivity contribution in [2.45, 2.75) is 0 Å². The summed E-state index contributed by atoms with van der Waals surface area (Å²) in [6.07, 6.45) is 0. The molecule has 0 saturated carbocycles. The molecule has 0 radical (unpaired) electrons. The second kappa shape index (κ2) is 12.5. The summed E-state index contributed by atoms with van der Waals surface area (Å²) in [6, 6.07) is 74.6. The molecule has 0 spiro atoms. The summed E-state index contributed by atoms with van der Waals surface area (Å²) in [6.45, 7) is 0. The van der Waals surface area contributed by atoms with Crippen LogP contribution in [0.2, 0.25) is 0 Å². The Balaban J connectivity index is 1.27. The van der Waals surface area contributed by atoms with E-state index < -0.39 is 0 Å². The molecule has 57 heavy (non-hydrogen) atoms. The van der Waals surface area contributed by atoms with Gasteiger partial charge in [-0.15, -0.1) is 0 Å². The minimum absolute atomic E-state index is 0.890. The van der Waals surface area contributed by atoms with Crippen LogP contribution in [0.25, 0.3) is 110 Å². The van der Waals surface area contributed by atoms with Gasteiger partial charge in [0.05, 0.1) is 22.1 Å². The number of para-hydroxylation sites is 5. The molecule has 0 N–H and O–H groups in total. The summed E-state index contributed by atoms with van der Waals surface area (Å²) in [5.74, 6) is 0. The van der Waals surface area contributed by atoms with E-state index in [0.717, 1.165) is 44.4 Å². The Morgan fingerprint density at radius 2 is 0.877 bits per heavy atom. The van der Waals surface area contributed by atoms with E-state index >= 15 is 0 Å². The van der Waals surface area contributed by atoms with Gasteiger partial charge >= 0.3 is 0 Å². The molecule has 0 atom stereocenters. The van der Waals surface area contributed by atoms with Crippen LogP contribution in [0.15, 0.2) is 211 Å². The Labute approximate surface area is 328 Å². The molecular weight excluding hydrogens is 693 g/mol. The summed E-state index contributed by atoms with van der Waals surface area (Å²) >= 11 is 0. The van der Waals surface area contributed by atoms with Gasteiger partial charge in [0.2, 0.25) is 0 Å². The van der Waals surface area contributed by atoms with E-state index in [-0.39, 0.29) is 0 Å². The number of hydrogen-bond donors (Lipinski definition) is 0. The average Bonchev–Trinajstić information content (AvgIpc) is 3.94. The number of nitrogens with zero attached hydrogens (tertiary/aromatic N) is 2. The molecule has 9 aromatic carbocycles. The van der Waals surface area contributed by atoms with Crippen LogP contribution in [-0.2, 0) is 0 Å². The minimum atomic E-state index is 0.890. The maximum Gasteiger partial charge on any atom is 0.135 e. The molecule has 0 unspecified atom stereocenters. The zero-order valence-electron chi connectivity index (χ0n) is 30.9. The standard InChI is InChI=1S/C54H34N2O/c1-4-15-35(16-5-1)36-27-31-49-46(33-36)43-23-14-24-45(53(43)55(49)38-17-6-2-7-18-38)52-40(37-28-32-51-47(34-37)42-22-11-13-26-50(42)57-51)29-30-44-41-21-10-12-25-48(41)56(54(44)52)39-19-8-3-9-20-39/h1-34H. The summed E-state index contributed by atoms with van der Waals surface area (Å²) in [5.41, 5.74) is 15.8. The van der Waals surface area contributed by atoms with Crippen LogP contribution in [0, 0.1) is 0 Å². The van der Waals surface area contributed by atoms with Crippen LogP contribution in [-0.4, -0.2) is 9.13 Å². The maximum atomic E-state index is 6.34. The number of fused-ring (bicyclic) bond motifs is 9. The lowest BCUT2D eigenvalue weighted by molar-refractivity contribution is 0.669. The SMILES string of the molecule is c1ccc(-c2ccc3c(c2)c2cccc(-c4c(-c5ccc6oc7ccccc7c6c5)ccc5c6ccccc6n(-c6ccccc6)c45)c2n3-c2ccccc2)cc1. The minimum Gasteiger partial charge on any atom is -0.456 e. The summed E-state index contributed by atoms with van der Waals surface area (Å²) in [5, 5.41) is 7.11. The van der Waals surface area contributed by atoms with Crippen molar-refractivity contribution in [1.29, 1.82) is 0 Å². The topological polar surface area (TPSA) is 23.0 Å². The number of hydrogen-bond acceptors (Lipinski definition) is 1. The highest BCUT2D eigenvalue weighted by molar-refractivity contribution is 6.22. The average molecular weight is 727 g/mol. The van der Waals surface area contributed by atoms with Crippen LogP contribution in [0.3, 0.4) is 0 Å². The first-order valence-corrected chi connectivity index (χ1v) is 19.5. The van der Waals surface area contributed by atoms with Gasteiger partial charge in [0.15, 0.2) is 0 Å². The van der Waals surface area contributed by atoms with E-state index in [0.29, 0.717) is 0 Å². The highest BCUT2D eigenvalue weighted by Gasteiger charge is 2.25. The Bertz CT molecular complexity index is 3500. The molecule has 0 aliphatic rings. The van der Waals surface area contributed by atoms with Gasteiger partial charge in [0, 0.05) is 54.8 Å². The Morgan fingerprint density at radius 1 is 0.298 bits per heavy atom. The van der Waals surface area contributed by atoms with Crippen LogP contribution in [0.5, 0.6) is 0 Å². The van der Waals surface area contributed by atoms with E-state index in [1.165, 1.54) is 65.9 Å². The van der Waals surface area contributed by atoms with Crippen molar-refractivity contribution in [3.63, 3.8) is 0 Å². The van der Waals surface area contributed by atoms with Gasteiger partial charge in [-0.25, -0.2) is 0 Å². The van der Waals surface area contributed by atoms with Gasteiger partial charge in [-0.05, 0) is 82.9 Å². The number of benzene rings is 9. The third kappa shape index (κ3) is 4.79. The molecule has 3 nitrogen and oxygen atoms in total. The zero-order chi connectivity index (χ0) is 37.5. The van der Waals surface area contributed by atoms with E-state index in [1.807, 2.05) is 6.07 Å². The lowest BCUT2D eigenvalue weighted by Crippen LogP contribution is -1.99. The number of aromatic nitrogens is 2. The smallest absolute Gasteiger partial charge is 0.135 e. The van der Waals surface area contributed by atoms with Crippen LogP contribution < -0.4 is 0 Å². The van der Waals surface area contributed by atoms with Crippen molar-refractivity contribution in [2.75, 3.05) is 0 Å². The monoisotopic (exact) mass is 726 g/mol. The highest BCUT2D eigenvalue weighted by atomic mass is 16.3. The first-order valence-electron chi connectivity index (χ1n) is 19.5. The van der Waals surface area contributed by atoms with Gasteiger partial charge < -0.3 is 13.6 Å². The molecule has 0 bridgehead atoms. The number of rotatable bonds is 5. The van der Waals surface area contributed by atoms with E-state index in [2.05, 4.69) is 209 Å². The molecule has 3 aromatic heterocycles. The highest BCUT2D eigenvalue weighted by Crippen LogP contribution is 2.48. The molecule has 12 aromatic rings. The molecule has 12 rings (SSSR count). The Morgan fingerprint density at radius 3 is 1.67 bits per heavy atom. The predicted molar refractivity (Wildman–Crippen MR) is 239 cm³/mol. The van der Waals surface area contributed by atoms with E-state index in [1.54, 1.807) is 0 Å². The Hall–Kier alpha value is -7.62. The molecule has 0 saturated heterocycles. The molecule has 3 heteroatoms. The molecule has 266 valence electrons. The van der Waals surface area contributed by atoms with Gasteiger partial charge in [-0.3, -0.25) is 0 Å². The second-order valence-corrected chi connectivity index (χ2v) is 14.9. The quantitative estimate of drug-likeness (QED) is 0.173. The summed E-state index contributed by atoms with van der Waals surface area (Å²) in [7, 11) is 0. The lowest BCUT2D eigenvalue weighted by atomic mass is 9.90. The van der Waals surface area contributed by atoms with Crippen molar-refractivity contribution in [3.05, 3.63) is 206 Å². The fraction of sp³-hybridized carbons (Fsp3) is 0. The van der Waals surface area contributed by atoms with Crippen LogP contribution in [0.4, 0.5) is 0 Å². The zero-order valence-corrected chi connectivity index (χ0v) is 30.9. The molecule has 3 heterocycles. The summed E-state index contributed by atoms with van der Waals surface area (Å²) < 4.78 is 11.3. The number of furan rings is 1. The predicted octanol–water partition coefficient (Wildman–Crippen LogP) is 14.8. The lowest BCUT2D eigenvalue weighted by Gasteiger charge is -2.18. The van der Waals surface area contributed by atoms with Crippen molar-refractivity contribution >= 4 is 65.6 Å². The molecular formula is C54H34N2O. The molecule has 0 fully saturated rings. The van der Waals surface area contributed by atoms with Crippen LogP contribution >= 0.6 is 0 Å². The molecule has 0 aliphatic carbocycles.